The van der Waals surface area contributed by atoms with Crippen molar-refractivity contribution in [1.29, 1.82) is 0 Å². The molecule has 1 amide bonds. The topological polar surface area (TPSA) is 62.2 Å². The summed E-state index contributed by atoms with van der Waals surface area (Å²) in [5.41, 5.74) is 1.15. The summed E-state index contributed by atoms with van der Waals surface area (Å²) in [4.78, 5) is 14.8. The second-order valence-electron chi connectivity index (χ2n) is 2.53. The van der Waals surface area contributed by atoms with E-state index in [2.05, 4.69) is 10.3 Å². The number of aromatic nitrogens is 1. The minimum absolute atomic E-state index is 0.0758. The Labute approximate surface area is 84.0 Å². The maximum Gasteiger partial charge on any atom is 0.220 e. The van der Waals surface area contributed by atoms with Crippen LogP contribution in [0, 0.1) is 0 Å². The number of nitrogens with zero attached hydrogens (tertiary/aromatic N) is 1. The van der Waals surface area contributed by atoms with Crippen LogP contribution >= 0.6 is 0 Å². The average molecular weight is 196 g/mol. The van der Waals surface area contributed by atoms with Crippen molar-refractivity contribution in [2.75, 3.05) is 14.2 Å². The number of carbonyl (C=O) groups is 1. The molecule has 0 unspecified atom stereocenters. The molecule has 0 saturated carbocycles. The highest BCUT2D eigenvalue weighted by Crippen LogP contribution is 1.99. The fraction of sp³-hybridized carbons (Fsp3) is 0.400. The lowest BCUT2D eigenvalue weighted by molar-refractivity contribution is -0.120. The molecule has 78 valence electrons. The lowest BCUT2D eigenvalue weighted by Gasteiger charge is -1.98. The van der Waals surface area contributed by atoms with Gasteiger partial charge in [-0.2, -0.15) is 0 Å². The molecule has 1 aromatic heterocycles. The molecule has 4 heteroatoms. The monoisotopic (exact) mass is 196 g/mol. The first-order valence-corrected chi connectivity index (χ1v) is 4.37. The van der Waals surface area contributed by atoms with Crippen LogP contribution in [0.25, 0.3) is 0 Å². The van der Waals surface area contributed by atoms with E-state index in [4.69, 9.17) is 5.11 Å². The quantitative estimate of drug-likeness (QED) is 0.734. The fourth-order valence-electron chi connectivity index (χ4n) is 0.932. The van der Waals surface area contributed by atoms with Crippen molar-refractivity contribution in [2.45, 2.75) is 12.8 Å². The van der Waals surface area contributed by atoms with E-state index in [0.717, 1.165) is 19.1 Å². The Hall–Kier alpha value is -1.42. The van der Waals surface area contributed by atoms with E-state index >= 15 is 0 Å². The smallest absolute Gasteiger partial charge is 0.220 e. The van der Waals surface area contributed by atoms with Crippen LogP contribution < -0.4 is 5.32 Å². The summed E-state index contributed by atoms with van der Waals surface area (Å²) in [5, 5.41) is 9.58. The summed E-state index contributed by atoms with van der Waals surface area (Å²) in [5.74, 6) is 0.0758. The van der Waals surface area contributed by atoms with Gasteiger partial charge < -0.3 is 10.4 Å². The minimum Gasteiger partial charge on any atom is -0.400 e. The summed E-state index contributed by atoms with van der Waals surface area (Å²) in [6.45, 7) is 0. The lowest BCUT2D eigenvalue weighted by Crippen LogP contribution is -2.17. The molecule has 0 aliphatic rings. The lowest BCUT2D eigenvalue weighted by atomic mass is 10.1. The molecular formula is C10H16N2O2. The van der Waals surface area contributed by atoms with Gasteiger partial charge in [0.15, 0.2) is 0 Å². The predicted octanol–water partition coefficient (Wildman–Crippen LogP) is 0.369. The zero-order chi connectivity index (χ0) is 10.8. The van der Waals surface area contributed by atoms with Gasteiger partial charge in [-0.3, -0.25) is 9.78 Å². The summed E-state index contributed by atoms with van der Waals surface area (Å²) < 4.78 is 0. The Bertz CT molecular complexity index is 250. The number of aliphatic hydroxyl groups excluding tert-OH is 1. The van der Waals surface area contributed by atoms with Crippen molar-refractivity contribution < 1.29 is 9.90 Å². The second-order valence-corrected chi connectivity index (χ2v) is 2.53. The van der Waals surface area contributed by atoms with Crippen LogP contribution in [0.1, 0.15) is 12.0 Å². The highest BCUT2D eigenvalue weighted by molar-refractivity contribution is 5.75. The van der Waals surface area contributed by atoms with Crippen LogP contribution in [0.5, 0.6) is 0 Å². The molecule has 0 bridgehead atoms. The second kappa shape index (κ2) is 8.19. The van der Waals surface area contributed by atoms with Crippen LogP contribution in [-0.2, 0) is 11.2 Å². The summed E-state index contributed by atoms with van der Waals surface area (Å²) in [6.07, 6.45) is 4.79. The predicted molar refractivity (Wildman–Crippen MR) is 54.8 cm³/mol. The fourth-order valence-corrected chi connectivity index (χ4v) is 0.932. The number of nitrogens with one attached hydrogen (secondary N) is 1. The van der Waals surface area contributed by atoms with Crippen LogP contribution in [-0.4, -0.2) is 30.2 Å². The van der Waals surface area contributed by atoms with Crippen molar-refractivity contribution >= 4 is 5.91 Å². The van der Waals surface area contributed by atoms with Crippen LogP contribution in [0.2, 0.25) is 0 Å². The Balaban J connectivity index is 0.000000791. The van der Waals surface area contributed by atoms with Gasteiger partial charge in [-0.1, -0.05) is 0 Å². The molecule has 0 radical (unpaired) electrons. The van der Waals surface area contributed by atoms with E-state index in [0.29, 0.717) is 6.42 Å². The maximum absolute atomic E-state index is 10.9. The summed E-state index contributed by atoms with van der Waals surface area (Å²) >= 11 is 0. The number of amides is 1. The number of aliphatic hydroxyl groups is 1. The van der Waals surface area contributed by atoms with Gasteiger partial charge in [0.25, 0.3) is 0 Å². The molecule has 1 heterocycles. The summed E-state index contributed by atoms with van der Waals surface area (Å²) in [6, 6.07) is 3.84. The number of hydrogen-bond donors (Lipinski definition) is 2. The molecule has 14 heavy (non-hydrogen) atoms. The van der Waals surface area contributed by atoms with Crippen molar-refractivity contribution in [3.8, 4) is 0 Å². The first kappa shape index (κ1) is 12.6. The molecule has 0 aliphatic heterocycles. The van der Waals surface area contributed by atoms with Gasteiger partial charge in [-0.15, -0.1) is 0 Å². The van der Waals surface area contributed by atoms with Crippen LogP contribution in [0.4, 0.5) is 0 Å². The third kappa shape index (κ3) is 5.27. The Morgan fingerprint density at radius 2 is 2.00 bits per heavy atom. The Kier molecular flexibility index (Phi) is 7.36. The molecule has 1 rings (SSSR count). The largest absolute Gasteiger partial charge is 0.400 e. The molecule has 0 aromatic carbocycles. The molecular weight excluding hydrogens is 180 g/mol. The van der Waals surface area contributed by atoms with Crippen molar-refractivity contribution in [2.24, 2.45) is 0 Å². The number of hydrogen-bond acceptors (Lipinski definition) is 3. The summed E-state index contributed by atoms with van der Waals surface area (Å²) in [7, 11) is 2.65. The molecule has 0 saturated heterocycles. The molecule has 1 aromatic rings. The van der Waals surface area contributed by atoms with Gasteiger partial charge >= 0.3 is 0 Å². The van der Waals surface area contributed by atoms with Crippen molar-refractivity contribution in [3.63, 3.8) is 0 Å². The zero-order valence-electron chi connectivity index (χ0n) is 8.53. The molecule has 0 atom stereocenters. The number of aryl methyl sites for hydroxylation is 1. The third-order valence-electron chi connectivity index (χ3n) is 1.67. The number of rotatable bonds is 3. The van der Waals surface area contributed by atoms with Crippen molar-refractivity contribution in [3.05, 3.63) is 30.1 Å². The molecule has 0 aliphatic carbocycles. The Morgan fingerprint density at radius 3 is 2.50 bits per heavy atom. The minimum atomic E-state index is 0.0758. The first-order chi connectivity index (χ1) is 6.83. The standard InChI is InChI=1S/C9H12N2O.CH4O/c1-10-9(12)3-2-8-4-6-11-7-5-8;1-2/h4-7H,2-3H2,1H3,(H,10,12);2H,1H3. The molecule has 2 N–H and O–H groups in total. The van der Waals surface area contributed by atoms with Gasteiger partial charge in [0.05, 0.1) is 0 Å². The molecule has 0 spiro atoms. The zero-order valence-corrected chi connectivity index (χ0v) is 8.53. The highest BCUT2D eigenvalue weighted by atomic mass is 16.2. The van der Waals surface area contributed by atoms with E-state index in [1.807, 2.05) is 12.1 Å². The van der Waals surface area contributed by atoms with E-state index in [1.54, 1.807) is 19.4 Å². The number of pyridine rings is 1. The van der Waals surface area contributed by atoms with Gasteiger partial charge in [-0.05, 0) is 24.1 Å². The number of carbonyl (C=O) groups excluding carboxylic acids is 1. The normalized spacial score (nSPS) is 8.50. The average Bonchev–Trinajstić information content (AvgIpc) is 2.30. The van der Waals surface area contributed by atoms with Crippen LogP contribution in [0.3, 0.4) is 0 Å². The third-order valence-corrected chi connectivity index (χ3v) is 1.67. The Morgan fingerprint density at radius 1 is 1.43 bits per heavy atom. The van der Waals surface area contributed by atoms with E-state index in [9.17, 15) is 4.79 Å². The van der Waals surface area contributed by atoms with Gasteiger partial charge in [0, 0.05) is 33.0 Å². The molecule has 0 fully saturated rings. The van der Waals surface area contributed by atoms with E-state index in [-0.39, 0.29) is 5.91 Å². The van der Waals surface area contributed by atoms with Crippen molar-refractivity contribution in [1.82, 2.24) is 10.3 Å². The first-order valence-electron chi connectivity index (χ1n) is 4.37. The van der Waals surface area contributed by atoms with E-state index < -0.39 is 0 Å². The maximum atomic E-state index is 10.9. The van der Waals surface area contributed by atoms with E-state index in [1.165, 1.54) is 0 Å². The van der Waals surface area contributed by atoms with Gasteiger partial charge in [0.2, 0.25) is 5.91 Å². The van der Waals surface area contributed by atoms with Crippen LogP contribution in [0.15, 0.2) is 24.5 Å². The SMILES string of the molecule is CNC(=O)CCc1ccncc1.CO. The van der Waals surface area contributed by atoms with Gasteiger partial charge in [0.1, 0.15) is 0 Å². The van der Waals surface area contributed by atoms with Gasteiger partial charge in [-0.25, -0.2) is 0 Å². The highest BCUT2D eigenvalue weighted by Gasteiger charge is 1.97. The molecule has 4 nitrogen and oxygen atoms in total.